The van der Waals surface area contributed by atoms with E-state index < -0.39 is 0 Å². The minimum atomic E-state index is -0.0310. The van der Waals surface area contributed by atoms with E-state index in [1.54, 1.807) is 0 Å². The Hall–Kier alpha value is -1.95. The van der Waals surface area contributed by atoms with Crippen LogP contribution in [0.2, 0.25) is 0 Å². The summed E-state index contributed by atoms with van der Waals surface area (Å²) in [6, 6.07) is 7.75. The van der Waals surface area contributed by atoms with E-state index in [2.05, 4.69) is 22.5 Å². The lowest BCUT2D eigenvalue weighted by molar-refractivity contribution is 0.0935. The first-order valence-corrected chi connectivity index (χ1v) is 8.37. The molecule has 1 fully saturated rings. The Bertz CT molecular complexity index is 530. The molecule has 126 valence electrons. The average molecular weight is 319 g/mol. The Labute approximate surface area is 137 Å². The van der Waals surface area contributed by atoms with E-state index in [9.17, 15) is 0 Å². The SMILES string of the molecule is CCNC(=NCC1CCCO1)NCC1COc2ccccc2O1. The molecule has 6 nitrogen and oxygen atoms in total. The summed E-state index contributed by atoms with van der Waals surface area (Å²) in [5.41, 5.74) is 0. The molecule has 0 aromatic heterocycles. The van der Waals surface area contributed by atoms with E-state index in [-0.39, 0.29) is 12.2 Å². The number of para-hydroxylation sites is 2. The molecule has 23 heavy (non-hydrogen) atoms. The van der Waals surface area contributed by atoms with Gasteiger partial charge in [0.2, 0.25) is 0 Å². The number of ether oxygens (including phenoxy) is 3. The van der Waals surface area contributed by atoms with Gasteiger partial charge in [-0.2, -0.15) is 0 Å². The highest BCUT2D eigenvalue weighted by molar-refractivity contribution is 5.79. The van der Waals surface area contributed by atoms with Crippen LogP contribution in [0.25, 0.3) is 0 Å². The van der Waals surface area contributed by atoms with Gasteiger partial charge in [0, 0.05) is 13.2 Å². The normalized spacial score (nSPS) is 23.6. The van der Waals surface area contributed by atoms with Crippen molar-refractivity contribution in [2.24, 2.45) is 4.99 Å². The maximum atomic E-state index is 5.94. The van der Waals surface area contributed by atoms with Crippen LogP contribution in [-0.4, -0.2) is 51.0 Å². The number of hydrogen-bond donors (Lipinski definition) is 2. The third kappa shape index (κ3) is 4.51. The summed E-state index contributed by atoms with van der Waals surface area (Å²) >= 11 is 0. The van der Waals surface area contributed by atoms with Gasteiger partial charge in [0.25, 0.3) is 0 Å². The summed E-state index contributed by atoms with van der Waals surface area (Å²) in [5.74, 6) is 2.40. The Morgan fingerprint density at radius 2 is 2.09 bits per heavy atom. The molecule has 0 spiro atoms. The lowest BCUT2D eigenvalue weighted by atomic mass is 10.2. The van der Waals surface area contributed by atoms with Gasteiger partial charge in [-0.25, -0.2) is 0 Å². The van der Waals surface area contributed by atoms with Crippen LogP contribution in [0.5, 0.6) is 11.5 Å². The third-order valence-electron chi connectivity index (χ3n) is 3.89. The van der Waals surface area contributed by atoms with E-state index in [0.717, 1.165) is 43.5 Å². The smallest absolute Gasteiger partial charge is 0.191 e. The first-order chi connectivity index (χ1) is 11.3. The molecule has 2 unspecified atom stereocenters. The van der Waals surface area contributed by atoms with Crippen LogP contribution in [0.4, 0.5) is 0 Å². The molecule has 0 amide bonds. The van der Waals surface area contributed by atoms with Crippen LogP contribution in [0.15, 0.2) is 29.3 Å². The van der Waals surface area contributed by atoms with Crippen LogP contribution in [0.3, 0.4) is 0 Å². The summed E-state index contributed by atoms with van der Waals surface area (Å²) in [4.78, 5) is 4.60. The maximum absolute atomic E-state index is 5.94. The number of hydrogen-bond acceptors (Lipinski definition) is 4. The Kier molecular flexibility index (Phi) is 5.58. The Morgan fingerprint density at radius 1 is 1.22 bits per heavy atom. The minimum Gasteiger partial charge on any atom is -0.486 e. The molecule has 2 aliphatic heterocycles. The zero-order valence-electron chi connectivity index (χ0n) is 13.6. The number of guanidine groups is 1. The highest BCUT2D eigenvalue weighted by Gasteiger charge is 2.21. The van der Waals surface area contributed by atoms with Crippen molar-refractivity contribution < 1.29 is 14.2 Å². The number of benzene rings is 1. The molecule has 3 rings (SSSR count). The van der Waals surface area contributed by atoms with Gasteiger partial charge in [0.05, 0.1) is 19.2 Å². The second-order valence-electron chi connectivity index (χ2n) is 5.73. The van der Waals surface area contributed by atoms with Crippen molar-refractivity contribution >= 4 is 5.96 Å². The number of nitrogens with zero attached hydrogens (tertiary/aromatic N) is 1. The summed E-state index contributed by atoms with van der Waals surface area (Å²) in [7, 11) is 0. The zero-order chi connectivity index (χ0) is 15.9. The fourth-order valence-electron chi connectivity index (χ4n) is 2.70. The van der Waals surface area contributed by atoms with E-state index in [0.29, 0.717) is 19.7 Å². The number of aliphatic imine (C=N–C) groups is 1. The molecule has 6 heteroatoms. The fraction of sp³-hybridized carbons (Fsp3) is 0.588. The molecule has 1 saturated heterocycles. The standard InChI is InChI=1S/C17H25N3O3/c1-2-18-17(19-10-13-6-5-9-21-13)20-11-14-12-22-15-7-3-4-8-16(15)23-14/h3-4,7-8,13-14H,2,5-6,9-12H2,1H3,(H2,18,19,20). The monoisotopic (exact) mass is 319 g/mol. The van der Waals surface area contributed by atoms with Crippen LogP contribution in [0.1, 0.15) is 19.8 Å². The lowest BCUT2D eigenvalue weighted by Gasteiger charge is -2.27. The molecule has 0 saturated carbocycles. The topological polar surface area (TPSA) is 64.1 Å². The van der Waals surface area contributed by atoms with Crippen LogP contribution < -0.4 is 20.1 Å². The molecule has 1 aromatic carbocycles. The van der Waals surface area contributed by atoms with Crippen molar-refractivity contribution in [3.8, 4) is 11.5 Å². The summed E-state index contributed by atoms with van der Waals surface area (Å²) in [6.45, 7) is 5.61. The van der Waals surface area contributed by atoms with Crippen molar-refractivity contribution in [1.82, 2.24) is 10.6 Å². The molecule has 2 aliphatic rings. The molecule has 1 aromatic rings. The second-order valence-corrected chi connectivity index (χ2v) is 5.73. The van der Waals surface area contributed by atoms with E-state index >= 15 is 0 Å². The molecule has 0 radical (unpaired) electrons. The second kappa shape index (κ2) is 8.06. The van der Waals surface area contributed by atoms with Gasteiger partial charge >= 0.3 is 0 Å². The Balaban J connectivity index is 1.49. The summed E-state index contributed by atoms with van der Waals surface area (Å²) in [6.07, 6.45) is 2.46. The lowest BCUT2D eigenvalue weighted by Crippen LogP contribution is -2.45. The first kappa shape index (κ1) is 15.9. The highest BCUT2D eigenvalue weighted by atomic mass is 16.6. The first-order valence-electron chi connectivity index (χ1n) is 8.37. The van der Waals surface area contributed by atoms with Crippen LogP contribution in [-0.2, 0) is 4.74 Å². The predicted octanol–water partition coefficient (Wildman–Crippen LogP) is 1.56. The van der Waals surface area contributed by atoms with Gasteiger partial charge in [-0.05, 0) is 31.9 Å². The van der Waals surface area contributed by atoms with Gasteiger partial charge in [0.15, 0.2) is 17.5 Å². The van der Waals surface area contributed by atoms with Gasteiger partial charge in [0.1, 0.15) is 12.7 Å². The van der Waals surface area contributed by atoms with Crippen molar-refractivity contribution in [2.45, 2.75) is 32.0 Å². The maximum Gasteiger partial charge on any atom is 0.191 e. The van der Waals surface area contributed by atoms with E-state index in [4.69, 9.17) is 14.2 Å². The quantitative estimate of drug-likeness (QED) is 0.637. The highest BCUT2D eigenvalue weighted by Crippen LogP contribution is 2.30. The molecule has 2 N–H and O–H groups in total. The minimum absolute atomic E-state index is 0.0310. The third-order valence-corrected chi connectivity index (χ3v) is 3.89. The molecule has 0 aliphatic carbocycles. The van der Waals surface area contributed by atoms with E-state index in [1.807, 2.05) is 24.3 Å². The fourth-order valence-corrected chi connectivity index (χ4v) is 2.70. The van der Waals surface area contributed by atoms with Crippen molar-refractivity contribution in [3.05, 3.63) is 24.3 Å². The van der Waals surface area contributed by atoms with Crippen molar-refractivity contribution in [1.29, 1.82) is 0 Å². The molecule has 2 heterocycles. The number of rotatable bonds is 5. The van der Waals surface area contributed by atoms with Crippen LogP contribution >= 0.6 is 0 Å². The summed E-state index contributed by atoms with van der Waals surface area (Å²) < 4.78 is 17.3. The van der Waals surface area contributed by atoms with E-state index in [1.165, 1.54) is 0 Å². The van der Waals surface area contributed by atoms with Gasteiger partial charge in [-0.15, -0.1) is 0 Å². The van der Waals surface area contributed by atoms with Gasteiger partial charge in [-0.1, -0.05) is 12.1 Å². The molecule has 0 bridgehead atoms. The van der Waals surface area contributed by atoms with Gasteiger partial charge < -0.3 is 24.8 Å². The van der Waals surface area contributed by atoms with Crippen molar-refractivity contribution in [3.63, 3.8) is 0 Å². The van der Waals surface area contributed by atoms with Crippen LogP contribution in [0, 0.1) is 0 Å². The average Bonchev–Trinajstić information content (AvgIpc) is 3.11. The summed E-state index contributed by atoms with van der Waals surface area (Å²) in [5, 5.41) is 6.58. The number of fused-ring (bicyclic) bond motifs is 1. The number of nitrogens with one attached hydrogen (secondary N) is 2. The largest absolute Gasteiger partial charge is 0.486 e. The predicted molar refractivity (Wildman–Crippen MR) is 89.3 cm³/mol. The molecular weight excluding hydrogens is 294 g/mol. The van der Waals surface area contributed by atoms with Crippen molar-refractivity contribution in [2.75, 3.05) is 32.8 Å². The molecule has 2 atom stereocenters. The van der Waals surface area contributed by atoms with Gasteiger partial charge in [-0.3, -0.25) is 4.99 Å². The zero-order valence-corrected chi connectivity index (χ0v) is 13.6. The molecular formula is C17H25N3O3. The Morgan fingerprint density at radius 3 is 2.87 bits per heavy atom.